The summed E-state index contributed by atoms with van der Waals surface area (Å²) in [5, 5.41) is 5.51. The van der Waals surface area contributed by atoms with Gasteiger partial charge < -0.3 is 9.30 Å². The molecule has 0 atom stereocenters. The lowest BCUT2D eigenvalue weighted by molar-refractivity contribution is 0.200. The largest absolute Gasteiger partial charge is 0.384 e. The number of hydrogen-bond donors (Lipinski definition) is 0. The fourth-order valence-electron chi connectivity index (χ4n) is 3.33. The summed E-state index contributed by atoms with van der Waals surface area (Å²) in [5.74, 6) is 1.89. The van der Waals surface area contributed by atoms with E-state index in [4.69, 9.17) is 26.4 Å². The Morgan fingerprint density at radius 1 is 1.31 bits per heavy atom. The van der Waals surface area contributed by atoms with E-state index < -0.39 is 0 Å². The van der Waals surface area contributed by atoms with Crippen molar-refractivity contribution in [1.82, 2.24) is 24.3 Å². The third-order valence-electron chi connectivity index (χ3n) is 4.84. The number of halogens is 1. The maximum absolute atomic E-state index is 6.15. The van der Waals surface area contributed by atoms with Crippen molar-refractivity contribution in [1.29, 1.82) is 0 Å². The molecule has 0 N–H and O–H groups in total. The molecule has 4 rings (SSSR count). The van der Waals surface area contributed by atoms with E-state index in [2.05, 4.69) is 15.6 Å². The molecule has 2 aromatic heterocycles. The maximum Gasteiger partial charge on any atom is 0.153 e. The van der Waals surface area contributed by atoms with Gasteiger partial charge in [-0.25, -0.2) is 14.6 Å². The van der Waals surface area contributed by atoms with Crippen molar-refractivity contribution in [2.75, 3.05) is 13.7 Å². The van der Waals surface area contributed by atoms with E-state index in [0.29, 0.717) is 19.6 Å². The van der Waals surface area contributed by atoms with E-state index in [1.165, 1.54) is 0 Å². The number of methoxy groups -OCH3 is 1. The van der Waals surface area contributed by atoms with Gasteiger partial charge in [-0.1, -0.05) is 23.7 Å². The van der Waals surface area contributed by atoms with Crippen molar-refractivity contribution in [3.63, 3.8) is 0 Å². The second-order valence-electron chi connectivity index (χ2n) is 6.90. The Hall–Kier alpha value is -2.18. The summed E-state index contributed by atoms with van der Waals surface area (Å²) in [7, 11) is 1.70. The van der Waals surface area contributed by atoms with Gasteiger partial charge in [0.1, 0.15) is 5.82 Å². The van der Waals surface area contributed by atoms with Crippen molar-refractivity contribution in [2.45, 2.75) is 37.8 Å². The van der Waals surface area contributed by atoms with Crippen molar-refractivity contribution < 1.29 is 4.74 Å². The van der Waals surface area contributed by atoms with Gasteiger partial charge in [0.05, 0.1) is 19.5 Å². The quantitative estimate of drug-likeness (QED) is 0.610. The summed E-state index contributed by atoms with van der Waals surface area (Å²) in [4.78, 5) is 9.05. The van der Waals surface area contributed by atoms with E-state index in [-0.39, 0.29) is 5.41 Å². The molecule has 1 aromatic carbocycles. The first-order valence-corrected chi connectivity index (χ1v) is 9.20. The Bertz CT molecular complexity index is 870. The number of imidazole rings is 1. The molecule has 7 heteroatoms. The molecule has 0 unspecified atom stereocenters. The lowest BCUT2D eigenvalue weighted by Crippen LogP contribution is -2.21. The molecule has 0 aliphatic heterocycles. The summed E-state index contributed by atoms with van der Waals surface area (Å²) >= 11 is 6.15. The Morgan fingerprint density at radius 3 is 2.88 bits per heavy atom. The molecular weight excluding hydrogens is 350 g/mol. The first-order chi connectivity index (χ1) is 12.7. The van der Waals surface area contributed by atoms with Gasteiger partial charge in [0.15, 0.2) is 5.82 Å². The highest BCUT2D eigenvalue weighted by atomic mass is 35.5. The molecule has 1 fully saturated rings. The molecule has 26 heavy (non-hydrogen) atoms. The van der Waals surface area contributed by atoms with Crippen LogP contribution in [0.15, 0.2) is 43.0 Å². The fourth-order valence-corrected chi connectivity index (χ4v) is 3.55. The van der Waals surface area contributed by atoms with E-state index in [0.717, 1.165) is 41.6 Å². The summed E-state index contributed by atoms with van der Waals surface area (Å²) < 4.78 is 9.36. The van der Waals surface area contributed by atoms with Crippen LogP contribution in [0.1, 0.15) is 30.1 Å². The molecule has 1 aliphatic carbocycles. The SMILES string of the molecule is COCCc1nc(C2(Cn3ccnc3)CC2)n(Cc2cccc(Cl)c2)n1. The minimum absolute atomic E-state index is 0.0393. The van der Waals surface area contributed by atoms with Gasteiger partial charge in [0.25, 0.3) is 0 Å². The van der Waals surface area contributed by atoms with Crippen molar-refractivity contribution in [3.05, 3.63) is 65.2 Å². The van der Waals surface area contributed by atoms with E-state index in [1.54, 1.807) is 7.11 Å². The normalized spacial score (nSPS) is 15.3. The number of nitrogens with zero attached hydrogens (tertiary/aromatic N) is 5. The highest BCUT2D eigenvalue weighted by molar-refractivity contribution is 6.30. The van der Waals surface area contributed by atoms with Gasteiger partial charge in [-0.05, 0) is 30.5 Å². The van der Waals surface area contributed by atoms with Crippen LogP contribution in [-0.2, 0) is 29.7 Å². The lowest BCUT2D eigenvalue weighted by atomic mass is 10.1. The van der Waals surface area contributed by atoms with Crippen LogP contribution in [-0.4, -0.2) is 38.0 Å². The van der Waals surface area contributed by atoms with Crippen molar-refractivity contribution >= 4 is 11.6 Å². The second-order valence-corrected chi connectivity index (χ2v) is 7.33. The van der Waals surface area contributed by atoms with Gasteiger partial charge in [-0.2, -0.15) is 5.10 Å². The molecule has 0 spiro atoms. The van der Waals surface area contributed by atoms with Crippen LogP contribution in [0.4, 0.5) is 0 Å². The summed E-state index contributed by atoms with van der Waals surface area (Å²) in [5.41, 5.74) is 1.16. The maximum atomic E-state index is 6.15. The highest BCUT2D eigenvalue weighted by Crippen LogP contribution is 2.48. The lowest BCUT2D eigenvalue weighted by Gasteiger charge is -2.16. The summed E-state index contributed by atoms with van der Waals surface area (Å²) in [6.07, 6.45) is 8.63. The third kappa shape index (κ3) is 3.66. The smallest absolute Gasteiger partial charge is 0.153 e. The van der Waals surface area contributed by atoms with Crippen LogP contribution in [0.25, 0.3) is 0 Å². The molecule has 136 valence electrons. The average Bonchev–Trinajstić information content (AvgIpc) is 3.03. The summed E-state index contributed by atoms with van der Waals surface area (Å²) in [6, 6.07) is 7.91. The number of hydrogen-bond acceptors (Lipinski definition) is 4. The molecule has 1 aliphatic rings. The zero-order chi connectivity index (χ0) is 18.0. The molecule has 6 nitrogen and oxygen atoms in total. The zero-order valence-corrected chi connectivity index (χ0v) is 15.6. The molecule has 3 aromatic rings. The first kappa shape index (κ1) is 17.2. The van der Waals surface area contributed by atoms with Crippen LogP contribution < -0.4 is 0 Å². The summed E-state index contributed by atoms with van der Waals surface area (Å²) in [6.45, 7) is 2.17. The molecule has 1 saturated carbocycles. The van der Waals surface area contributed by atoms with Crippen molar-refractivity contribution in [3.8, 4) is 0 Å². The number of ether oxygens (including phenoxy) is 1. The van der Waals surface area contributed by atoms with E-state index in [1.807, 2.05) is 41.6 Å². The number of benzene rings is 1. The molecule has 2 heterocycles. The average molecular weight is 372 g/mol. The topological polar surface area (TPSA) is 57.8 Å². The molecular formula is C19H22ClN5O. The standard InChI is InChI=1S/C19H22ClN5O/c1-26-10-5-17-22-18(19(6-7-19)13-24-9-8-21-14-24)25(23-17)12-15-3-2-4-16(20)11-15/h2-4,8-9,11,14H,5-7,10,12-13H2,1H3. The van der Waals surface area contributed by atoms with E-state index >= 15 is 0 Å². The van der Waals surface area contributed by atoms with Gasteiger partial charge >= 0.3 is 0 Å². The van der Waals surface area contributed by atoms with Gasteiger partial charge in [0.2, 0.25) is 0 Å². The molecule has 0 amide bonds. The minimum Gasteiger partial charge on any atom is -0.384 e. The van der Waals surface area contributed by atoms with E-state index in [9.17, 15) is 0 Å². The number of aromatic nitrogens is 5. The second kappa shape index (κ2) is 7.21. The van der Waals surface area contributed by atoms with Gasteiger partial charge in [-0.3, -0.25) is 0 Å². The van der Waals surface area contributed by atoms with Crippen LogP contribution in [0, 0.1) is 0 Å². The van der Waals surface area contributed by atoms with Crippen LogP contribution >= 0.6 is 11.6 Å². The third-order valence-corrected chi connectivity index (χ3v) is 5.07. The zero-order valence-electron chi connectivity index (χ0n) is 14.8. The monoisotopic (exact) mass is 371 g/mol. The molecule has 0 radical (unpaired) electrons. The molecule has 0 bridgehead atoms. The minimum atomic E-state index is 0.0393. The van der Waals surface area contributed by atoms with Crippen molar-refractivity contribution in [2.24, 2.45) is 0 Å². The molecule has 0 saturated heterocycles. The first-order valence-electron chi connectivity index (χ1n) is 8.82. The Balaban J connectivity index is 1.64. The Morgan fingerprint density at radius 2 is 2.19 bits per heavy atom. The Kier molecular flexibility index (Phi) is 4.78. The van der Waals surface area contributed by atoms with Gasteiger partial charge in [-0.15, -0.1) is 0 Å². The predicted octanol–water partition coefficient (Wildman–Crippen LogP) is 3.10. The van der Waals surface area contributed by atoms with Gasteiger partial charge in [0, 0.05) is 42.9 Å². The fraction of sp³-hybridized carbons (Fsp3) is 0.421. The van der Waals surface area contributed by atoms with Crippen LogP contribution in [0.5, 0.6) is 0 Å². The van der Waals surface area contributed by atoms with Crippen LogP contribution in [0.3, 0.4) is 0 Å². The van der Waals surface area contributed by atoms with Crippen LogP contribution in [0.2, 0.25) is 5.02 Å². The number of rotatable bonds is 8. The Labute approximate surface area is 157 Å². The predicted molar refractivity (Wildman–Crippen MR) is 99.3 cm³/mol. The highest BCUT2D eigenvalue weighted by Gasteiger charge is 2.48.